The van der Waals surface area contributed by atoms with Crippen LogP contribution < -0.4 is 46.2 Å². The molecule has 9 aromatic rings. The van der Waals surface area contributed by atoms with Gasteiger partial charge in [-0.15, -0.1) is 10.2 Å². The van der Waals surface area contributed by atoms with Crippen LogP contribution in [0, 0.1) is 19.3 Å². The quantitative estimate of drug-likeness (QED) is 0.0565. The first kappa shape index (κ1) is 96.1. The lowest BCUT2D eigenvalue weighted by Gasteiger charge is -2.38. The van der Waals surface area contributed by atoms with Gasteiger partial charge >= 0.3 is 0 Å². The van der Waals surface area contributed by atoms with Crippen LogP contribution in [-0.4, -0.2) is 132 Å². The molecular formula is C97H128N16O13S. The van der Waals surface area contributed by atoms with E-state index in [0.29, 0.717) is 109 Å². The van der Waals surface area contributed by atoms with Gasteiger partial charge in [0.15, 0.2) is 11.6 Å². The minimum absolute atomic E-state index is 0.0191. The molecule has 5 aromatic heterocycles. The largest absolute Gasteiger partial charge is 0.359 e. The van der Waals surface area contributed by atoms with Crippen LogP contribution in [-0.2, 0) is 76.6 Å². The molecule has 5 N–H and O–H groups in total. The summed E-state index contributed by atoms with van der Waals surface area (Å²) in [6.45, 7) is 46.5. The summed E-state index contributed by atoms with van der Waals surface area (Å²) >= 11 is 1.49. The maximum atomic E-state index is 12.8. The Bertz CT molecular complexity index is 5200. The van der Waals surface area contributed by atoms with Crippen molar-refractivity contribution < 1.29 is 61.2 Å². The van der Waals surface area contributed by atoms with Crippen molar-refractivity contribution >= 4 is 116 Å². The van der Waals surface area contributed by atoms with Crippen molar-refractivity contribution in [2.75, 3.05) is 52.7 Å². The first-order valence-electron chi connectivity index (χ1n) is 44.3. The van der Waals surface area contributed by atoms with Crippen LogP contribution >= 0.6 is 11.3 Å². The van der Waals surface area contributed by atoms with Gasteiger partial charge in [0.1, 0.15) is 40.7 Å². The van der Waals surface area contributed by atoms with Gasteiger partial charge in [-0.25, -0.2) is 0 Å². The second-order valence-electron chi connectivity index (χ2n) is 39.9. The summed E-state index contributed by atoms with van der Waals surface area (Å²) in [6, 6.07) is 36.1. The van der Waals surface area contributed by atoms with Crippen LogP contribution in [0.2, 0.25) is 0 Å². The lowest BCUT2D eigenvalue weighted by molar-refractivity contribution is -0.122. The summed E-state index contributed by atoms with van der Waals surface area (Å²) in [6.07, 6.45) is 10.1. The maximum Gasteiger partial charge on any atom is 0.249 e. The summed E-state index contributed by atoms with van der Waals surface area (Å²) in [5, 5.41) is 39.9. The van der Waals surface area contributed by atoms with Crippen molar-refractivity contribution in [1.29, 1.82) is 0 Å². The number of anilines is 9. The van der Waals surface area contributed by atoms with Gasteiger partial charge in [-0.3, -0.25) is 83.6 Å². The molecule has 15 rings (SSSR count). The average Bonchev–Trinajstić information content (AvgIpc) is 1.66. The molecule has 5 saturated heterocycles. The number of aryl methyl sites for hydroxylation is 3. The van der Waals surface area contributed by atoms with Gasteiger partial charge in [-0.05, 0) is 149 Å². The Hall–Kier alpha value is -11.5. The normalized spacial score (nSPS) is 19.6. The highest BCUT2D eigenvalue weighted by Gasteiger charge is 2.46. The van der Waals surface area contributed by atoms with Crippen molar-refractivity contribution in [3.8, 4) is 0 Å². The van der Waals surface area contributed by atoms with E-state index in [2.05, 4.69) is 118 Å². The molecule has 0 bridgehead atoms. The Morgan fingerprint density at radius 3 is 1.13 bits per heavy atom. The zero-order valence-corrected chi connectivity index (χ0v) is 78.6. The zero-order valence-electron chi connectivity index (χ0n) is 77.8. The number of likely N-dealkylation sites (tertiary alicyclic amines) is 1. The Morgan fingerprint density at radius 1 is 0.433 bits per heavy atom. The number of rotatable bonds is 17. The van der Waals surface area contributed by atoms with Crippen molar-refractivity contribution in [1.82, 2.24) is 35.7 Å². The standard InChI is InChI=1S/C21H27N3O3.C20H25N3O3.2C19H23N3O3.C18H30N4OS/c1-13(2)14-6-8-15(9-7-14)24-16(10-11-19(24)25)20(26)22-18-12-17(23-27-18)21(3,4)5;1-5-13-6-8-14(9-7-13)23-15(10-11-18(23)24)19(25)21-17-12-16(22-26-17)20(2,3)4;2*1-12-5-7-13(8-6-12)22-14(9-10-17(22)23)18(24)20-16-11-15(25-21-16)19(2,3)4;1-17(2,3)15-20-21-16(24-15)19-14(23)12-8-7-11-22(12)13-9-6-10-18(13,4)5/h6-9,12-13,16H,10-11H2,1-5H3,(H,22,26);6-9,12,15H,5,10-11H2,1-4H3,(H,21,25);2*5-8,11,14H,9-10H2,1-4H3,(H,20,21,24);12-13H,6-11H2,1-5H3,(H,19,21,23)/t16-;15-;2*14-;/m0000./s1. The van der Waals surface area contributed by atoms with Gasteiger partial charge in [-0.2, -0.15) is 0 Å². The summed E-state index contributed by atoms with van der Waals surface area (Å²) in [5.74, 6) is 2.07. The molecule has 10 heterocycles. The molecule has 6 atom stereocenters. The Morgan fingerprint density at radius 2 is 0.803 bits per heavy atom. The monoisotopic (exact) mass is 1760 g/mol. The predicted octanol–water partition coefficient (Wildman–Crippen LogP) is 18.5. The third-order valence-electron chi connectivity index (χ3n) is 23.7. The lowest BCUT2D eigenvalue weighted by atomic mass is 9.86. The number of carbonyl (C=O) groups excluding carboxylic acids is 9. The van der Waals surface area contributed by atoms with Crippen LogP contribution in [0.5, 0.6) is 0 Å². The molecule has 680 valence electrons. The molecule has 6 aliphatic rings. The fourth-order valence-electron chi connectivity index (χ4n) is 16.1. The minimum Gasteiger partial charge on any atom is -0.359 e. The molecule has 0 radical (unpaired) electrons. The topological polar surface area (TPSA) is 360 Å². The summed E-state index contributed by atoms with van der Waals surface area (Å²) in [4.78, 5) is 122. The zero-order chi connectivity index (χ0) is 92.6. The van der Waals surface area contributed by atoms with Gasteiger partial charge in [-0.1, -0.05) is 237 Å². The lowest BCUT2D eigenvalue weighted by Crippen LogP contribution is -2.49. The average molecular weight is 1760 g/mol. The minimum atomic E-state index is -0.550. The highest BCUT2D eigenvalue weighted by molar-refractivity contribution is 7.15. The van der Waals surface area contributed by atoms with Crippen molar-refractivity contribution in [3.63, 3.8) is 0 Å². The van der Waals surface area contributed by atoms with E-state index in [9.17, 15) is 43.2 Å². The fraction of sp³-hybridized carbons (Fsp3) is 0.515. The number of hydrogen-bond donors (Lipinski definition) is 5. The number of hydrogen-bond acceptors (Lipinski definition) is 21. The molecule has 9 amide bonds. The van der Waals surface area contributed by atoms with E-state index in [0.717, 1.165) is 76.1 Å². The number of benzene rings is 4. The Kier molecular flexibility index (Phi) is 30.1. The van der Waals surface area contributed by atoms with Crippen LogP contribution in [0.4, 0.5) is 51.3 Å². The number of carbonyl (C=O) groups is 9. The van der Waals surface area contributed by atoms with E-state index in [-0.39, 0.29) is 86.3 Å². The molecule has 0 spiro atoms. The molecule has 4 aromatic carbocycles. The van der Waals surface area contributed by atoms with Gasteiger partial charge < -0.3 is 28.7 Å². The molecule has 6 fully saturated rings. The van der Waals surface area contributed by atoms with Gasteiger partial charge in [0.05, 0.1) is 17.4 Å². The van der Waals surface area contributed by atoms with E-state index >= 15 is 0 Å². The Balaban J connectivity index is 0.000000154. The van der Waals surface area contributed by atoms with Crippen LogP contribution in [0.3, 0.4) is 0 Å². The number of nitrogens with one attached hydrogen (secondary N) is 5. The van der Waals surface area contributed by atoms with Crippen LogP contribution in [0.1, 0.15) is 278 Å². The third-order valence-corrected chi connectivity index (χ3v) is 25.0. The van der Waals surface area contributed by atoms with Crippen LogP contribution in [0.25, 0.3) is 0 Å². The molecule has 29 nitrogen and oxygen atoms in total. The maximum absolute atomic E-state index is 12.8. The molecule has 30 heteroatoms. The van der Waals surface area contributed by atoms with E-state index in [1.807, 2.05) is 194 Å². The number of aromatic nitrogens is 6. The molecule has 1 saturated carbocycles. The first-order chi connectivity index (χ1) is 59.6. The SMILES string of the molecule is CC(C)(C)c1nnc(NC(=O)C2CCCN2C2CCCC2(C)C)s1.CC(C)c1ccc(N2C(=O)CC[C@H]2C(=O)Nc2cc(C(C)(C)C)no2)cc1.CCc1ccc(N2C(=O)CC[C@H]2C(=O)Nc2cc(C(C)(C)C)no2)cc1.Cc1ccc(N2C(=O)CC[C@H]2C(=O)Nc2cc(C(C)(C)C)on2)cc1.Cc1ccc(N2C(=O)CC[C@H]2C(=O)Nc2cc(C(C)(C)C)on2)cc1. The number of amides is 9. The highest BCUT2D eigenvalue weighted by atomic mass is 32.1. The summed E-state index contributed by atoms with van der Waals surface area (Å²) in [7, 11) is 0. The highest BCUT2D eigenvalue weighted by Crippen LogP contribution is 2.44. The van der Waals surface area contributed by atoms with E-state index in [1.54, 1.807) is 43.9 Å². The summed E-state index contributed by atoms with van der Waals surface area (Å²) in [5.41, 5.74) is 8.68. The van der Waals surface area contributed by atoms with Gasteiger partial charge in [0.25, 0.3) is 0 Å². The number of nitrogens with zero attached hydrogens (tertiary/aromatic N) is 11. The van der Waals surface area contributed by atoms with E-state index in [4.69, 9.17) is 18.1 Å². The second-order valence-corrected chi connectivity index (χ2v) is 40.9. The molecular weight excluding hydrogens is 1630 g/mol. The van der Waals surface area contributed by atoms with Crippen molar-refractivity contribution in [2.24, 2.45) is 5.41 Å². The molecule has 1 aliphatic carbocycles. The molecule has 2 unspecified atom stereocenters. The third kappa shape index (κ3) is 24.2. The van der Waals surface area contributed by atoms with Crippen molar-refractivity contribution in [3.05, 3.63) is 171 Å². The van der Waals surface area contributed by atoms with Crippen LogP contribution in [0.15, 0.2) is 139 Å². The first-order valence-corrected chi connectivity index (χ1v) is 45.1. The van der Waals surface area contributed by atoms with Gasteiger partial charge in [0.2, 0.25) is 70.1 Å². The van der Waals surface area contributed by atoms with E-state index in [1.165, 1.54) is 41.7 Å². The molecule has 5 aliphatic heterocycles. The summed E-state index contributed by atoms with van der Waals surface area (Å²) < 4.78 is 21.1. The van der Waals surface area contributed by atoms with Crippen molar-refractivity contribution in [2.45, 2.75) is 311 Å². The second kappa shape index (κ2) is 39.8. The smallest absolute Gasteiger partial charge is 0.249 e. The molecule has 127 heavy (non-hydrogen) atoms. The predicted molar refractivity (Wildman–Crippen MR) is 494 cm³/mol. The van der Waals surface area contributed by atoms with Gasteiger partial charge in [0, 0.05) is 106 Å². The van der Waals surface area contributed by atoms with E-state index < -0.39 is 24.2 Å². The Labute approximate surface area is 749 Å². The fourth-order valence-corrected chi connectivity index (χ4v) is 16.9.